The highest BCUT2D eigenvalue weighted by Gasteiger charge is 2.13. The number of anilines is 2. The summed E-state index contributed by atoms with van der Waals surface area (Å²) in [7, 11) is 0. The molecule has 1 heterocycles. The molecule has 3 rings (SSSR count). The zero-order valence-corrected chi connectivity index (χ0v) is 12.5. The van der Waals surface area contributed by atoms with E-state index in [0.717, 1.165) is 44.1 Å². The number of nitrogen functional groups attached to an aromatic ring is 1. The number of nitrogens with zero attached hydrogens (tertiary/aromatic N) is 1. The van der Waals surface area contributed by atoms with Crippen LogP contribution in [0.15, 0.2) is 42.5 Å². The third-order valence-electron chi connectivity index (χ3n) is 3.97. The standard InChI is InChI=1S/C18H22N2O/c1-14-2-4-15(5-3-14)12-16-6-7-18(17(19)13-16)20-8-10-21-11-9-20/h2-7,13H,8-12,19H2,1H3. The predicted molar refractivity (Wildman–Crippen MR) is 87.9 cm³/mol. The third kappa shape index (κ3) is 3.37. The number of benzene rings is 2. The zero-order valence-electron chi connectivity index (χ0n) is 12.5. The van der Waals surface area contributed by atoms with E-state index in [1.54, 1.807) is 0 Å². The van der Waals surface area contributed by atoms with Crippen LogP contribution in [0.3, 0.4) is 0 Å². The first-order chi connectivity index (χ1) is 10.2. The van der Waals surface area contributed by atoms with Crippen molar-refractivity contribution >= 4 is 11.4 Å². The molecule has 0 bridgehead atoms. The molecule has 0 radical (unpaired) electrons. The van der Waals surface area contributed by atoms with Crippen LogP contribution in [0.5, 0.6) is 0 Å². The Bertz CT molecular complexity index is 601. The lowest BCUT2D eigenvalue weighted by molar-refractivity contribution is 0.123. The summed E-state index contributed by atoms with van der Waals surface area (Å²) < 4.78 is 5.39. The number of hydrogen-bond donors (Lipinski definition) is 1. The third-order valence-corrected chi connectivity index (χ3v) is 3.97. The molecule has 1 saturated heterocycles. The van der Waals surface area contributed by atoms with Crippen molar-refractivity contribution in [3.05, 3.63) is 59.2 Å². The van der Waals surface area contributed by atoms with E-state index in [1.807, 2.05) is 0 Å². The topological polar surface area (TPSA) is 38.5 Å². The number of aryl methyl sites for hydroxylation is 1. The molecule has 0 spiro atoms. The molecule has 0 atom stereocenters. The Hall–Kier alpha value is -2.00. The molecule has 21 heavy (non-hydrogen) atoms. The fourth-order valence-corrected chi connectivity index (χ4v) is 2.75. The van der Waals surface area contributed by atoms with E-state index in [0.29, 0.717) is 0 Å². The number of nitrogens with two attached hydrogens (primary N) is 1. The summed E-state index contributed by atoms with van der Waals surface area (Å²) in [4.78, 5) is 2.30. The van der Waals surface area contributed by atoms with Crippen LogP contribution in [0.4, 0.5) is 11.4 Å². The maximum Gasteiger partial charge on any atom is 0.0642 e. The van der Waals surface area contributed by atoms with Gasteiger partial charge in [-0.2, -0.15) is 0 Å². The Balaban J connectivity index is 1.75. The first-order valence-electron chi connectivity index (χ1n) is 7.49. The minimum atomic E-state index is 0.782. The highest BCUT2D eigenvalue weighted by atomic mass is 16.5. The van der Waals surface area contributed by atoms with Gasteiger partial charge in [-0.3, -0.25) is 0 Å². The second kappa shape index (κ2) is 6.19. The van der Waals surface area contributed by atoms with E-state index < -0.39 is 0 Å². The Labute approximate surface area is 126 Å². The van der Waals surface area contributed by atoms with Gasteiger partial charge in [0, 0.05) is 13.1 Å². The van der Waals surface area contributed by atoms with Gasteiger partial charge in [0.1, 0.15) is 0 Å². The molecule has 0 saturated carbocycles. The van der Waals surface area contributed by atoms with E-state index in [-0.39, 0.29) is 0 Å². The molecule has 2 N–H and O–H groups in total. The van der Waals surface area contributed by atoms with Crippen molar-refractivity contribution in [1.29, 1.82) is 0 Å². The Morgan fingerprint density at radius 2 is 1.67 bits per heavy atom. The average Bonchev–Trinajstić information content (AvgIpc) is 2.51. The first kappa shape index (κ1) is 14.0. The van der Waals surface area contributed by atoms with Crippen molar-refractivity contribution in [2.24, 2.45) is 0 Å². The van der Waals surface area contributed by atoms with Gasteiger partial charge in [-0.05, 0) is 36.6 Å². The normalized spacial score (nSPS) is 15.2. The highest BCUT2D eigenvalue weighted by Crippen LogP contribution is 2.26. The van der Waals surface area contributed by atoms with Crippen LogP contribution in [0.25, 0.3) is 0 Å². The van der Waals surface area contributed by atoms with Crippen molar-refractivity contribution in [3.63, 3.8) is 0 Å². The van der Waals surface area contributed by atoms with Gasteiger partial charge in [-0.1, -0.05) is 35.9 Å². The second-order valence-electron chi connectivity index (χ2n) is 5.65. The molecule has 3 heteroatoms. The van der Waals surface area contributed by atoms with Crippen LogP contribution < -0.4 is 10.6 Å². The molecular formula is C18H22N2O. The van der Waals surface area contributed by atoms with Gasteiger partial charge in [0.25, 0.3) is 0 Å². The lowest BCUT2D eigenvalue weighted by Crippen LogP contribution is -2.36. The zero-order chi connectivity index (χ0) is 14.7. The molecular weight excluding hydrogens is 260 g/mol. The van der Waals surface area contributed by atoms with Crippen molar-refractivity contribution in [2.45, 2.75) is 13.3 Å². The molecule has 0 aromatic heterocycles. The van der Waals surface area contributed by atoms with Gasteiger partial charge < -0.3 is 15.4 Å². The molecule has 2 aromatic carbocycles. The van der Waals surface area contributed by atoms with E-state index in [1.165, 1.54) is 16.7 Å². The minimum absolute atomic E-state index is 0.782. The molecule has 0 unspecified atom stereocenters. The quantitative estimate of drug-likeness (QED) is 0.880. The summed E-state index contributed by atoms with van der Waals surface area (Å²) in [5, 5.41) is 0. The maximum absolute atomic E-state index is 6.25. The largest absolute Gasteiger partial charge is 0.397 e. The van der Waals surface area contributed by atoms with Crippen LogP contribution >= 0.6 is 0 Å². The lowest BCUT2D eigenvalue weighted by atomic mass is 10.0. The van der Waals surface area contributed by atoms with Crippen molar-refractivity contribution in [2.75, 3.05) is 36.9 Å². The van der Waals surface area contributed by atoms with Crippen LogP contribution in [0.1, 0.15) is 16.7 Å². The minimum Gasteiger partial charge on any atom is -0.397 e. The van der Waals surface area contributed by atoms with Crippen LogP contribution in [-0.4, -0.2) is 26.3 Å². The monoisotopic (exact) mass is 282 g/mol. The summed E-state index contributed by atoms with van der Waals surface area (Å²) in [6, 6.07) is 15.1. The maximum atomic E-state index is 6.25. The Kier molecular flexibility index (Phi) is 4.11. The summed E-state index contributed by atoms with van der Waals surface area (Å²) in [6.45, 7) is 5.51. The molecule has 1 fully saturated rings. The molecule has 1 aliphatic heterocycles. The fourth-order valence-electron chi connectivity index (χ4n) is 2.75. The summed E-state index contributed by atoms with van der Waals surface area (Å²) in [5.41, 5.74) is 12.1. The molecule has 0 aliphatic carbocycles. The molecule has 1 aliphatic rings. The number of rotatable bonds is 3. The fraction of sp³-hybridized carbons (Fsp3) is 0.333. The van der Waals surface area contributed by atoms with E-state index in [2.05, 4.69) is 54.3 Å². The van der Waals surface area contributed by atoms with Crippen LogP contribution in [-0.2, 0) is 11.2 Å². The Morgan fingerprint density at radius 1 is 1.00 bits per heavy atom. The van der Waals surface area contributed by atoms with E-state index >= 15 is 0 Å². The Morgan fingerprint density at radius 3 is 2.33 bits per heavy atom. The van der Waals surface area contributed by atoms with Gasteiger partial charge in [-0.15, -0.1) is 0 Å². The van der Waals surface area contributed by atoms with E-state index in [4.69, 9.17) is 10.5 Å². The highest BCUT2D eigenvalue weighted by molar-refractivity contribution is 5.68. The molecule has 110 valence electrons. The SMILES string of the molecule is Cc1ccc(Cc2ccc(N3CCOCC3)c(N)c2)cc1. The first-order valence-corrected chi connectivity index (χ1v) is 7.49. The number of ether oxygens (including phenoxy) is 1. The molecule has 2 aromatic rings. The van der Waals surface area contributed by atoms with Gasteiger partial charge >= 0.3 is 0 Å². The molecule has 3 nitrogen and oxygen atoms in total. The summed E-state index contributed by atoms with van der Waals surface area (Å²) in [6.07, 6.45) is 0.924. The number of hydrogen-bond acceptors (Lipinski definition) is 3. The van der Waals surface area contributed by atoms with Crippen molar-refractivity contribution in [3.8, 4) is 0 Å². The summed E-state index contributed by atoms with van der Waals surface area (Å²) >= 11 is 0. The van der Waals surface area contributed by atoms with Crippen molar-refractivity contribution in [1.82, 2.24) is 0 Å². The van der Waals surface area contributed by atoms with Gasteiger partial charge in [0.2, 0.25) is 0 Å². The van der Waals surface area contributed by atoms with Gasteiger partial charge in [0.05, 0.1) is 24.6 Å². The van der Waals surface area contributed by atoms with Gasteiger partial charge in [0.15, 0.2) is 0 Å². The average molecular weight is 282 g/mol. The van der Waals surface area contributed by atoms with E-state index in [9.17, 15) is 0 Å². The number of morpholine rings is 1. The lowest BCUT2D eigenvalue weighted by Gasteiger charge is -2.30. The smallest absolute Gasteiger partial charge is 0.0642 e. The second-order valence-corrected chi connectivity index (χ2v) is 5.65. The van der Waals surface area contributed by atoms with Crippen molar-refractivity contribution < 1.29 is 4.74 Å². The summed E-state index contributed by atoms with van der Waals surface area (Å²) in [5.74, 6) is 0. The van der Waals surface area contributed by atoms with Crippen LogP contribution in [0, 0.1) is 6.92 Å². The predicted octanol–water partition coefficient (Wildman–Crippen LogP) is 3.00. The molecule has 0 amide bonds. The van der Waals surface area contributed by atoms with Gasteiger partial charge in [-0.25, -0.2) is 0 Å². The van der Waals surface area contributed by atoms with Crippen LogP contribution in [0.2, 0.25) is 0 Å².